The molecule has 0 radical (unpaired) electrons. The number of carbonyl (C=O) groups is 2. The number of aryl methyl sites for hydroxylation is 2. The third kappa shape index (κ3) is 5.41. The lowest BCUT2D eigenvalue weighted by Crippen LogP contribution is -2.50. The molecule has 2 heterocycles. The monoisotopic (exact) mass is 519 g/mol. The topological polar surface area (TPSA) is 69.6 Å². The highest BCUT2D eigenvalue weighted by Crippen LogP contribution is 2.38. The zero-order valence-electron chi connectivity index (χ0n) is 22.9. The van der Waals surface area contributed by atoms with Gasteiger partial charge in [-0.2, -0.15) is 0 Å². The first kappa shape index (κ1) is 26.2. The summed E-state index contributed by atoms with van der Waals surface area (Å²) in [6.45, 7) is 10.6. The van der Waals surface area contributed by atoms with E-state index < -0.39 is 0 Å². The van der Waals surface area contributed by atoms with E-state index in [1.54, 1.807) is 13.1 Å². The van der Waals surface area contributed by atoms with Gasteiger partial charge in [-0.25, -0.2) is 4.39 Å². The molecule has 202 valence electrons. The van der Waals surface area contributed by atoms with E-state index in [-0.39, 0.29) is 17.6 Å². The molecule has 38 heavy (non-hydrogen) atoms. The number of anilines is 1. The van der Waals surface area contributed by atoms with E-state index in [2.05, 4.69) is 40.0 Å². The largest absolute Gasteiger partial charge is 0.379 e. The fraction of sp³-hybridized carbons (Fsp3) is 0.467. The van der Waals surface area contributed by atoms with Crippen LogP contribution in [0.2, 0.25) is 0 Å². The van der Waals surface area contributed by atoms with Gasteiger partial charge in [0.1, 0.15) is 5.82 Å². The number of aromatic nitrogens is 1. The van der Waals surface area contributed by atoms with Gasteiger partial charge in [-0.15, -0.1) is 0 Å². The van der Waals surface area contributed by atoms with Gasteiger partial charge < -0.3 is 20.1 Å². The van der Waals surface area contributed by atoms with Crippen LogP contribution in [-0.2, 0) is 17.9 Å². The first-order valence-corrected chi connectivity index (χ1v) is 13.6. The zero-order valence-corrected chi connectivity index (χ0v) is 22.9. The van der Waals surface area contributed by atoms with Crippen molar-refractivity contribution in [2.45, 2.75) is 46.7 Å². The van der Waals surface area contributed by atoms with Crippen LogP contribution in [0.5, 0.6) is 0 Å². The van der Waals surface area contributed by atoms with Crippen LogP contribution in [0.4, 0.5) is 10.1 Å². The lowest BCUT2D eigenvalue weighted by atomic mass is 10.0. The zero-order chi connectivity index (χ0) is 27.0. The molecule has 5 rings (SSSR count). The van der Waals surface area contributed by atoms with Gasteiger partial charge in [0.25, 0.3) is 5.91 Å². The number of nitrogens with zero attached hydrogens (tertiary/aromatic N) is 3. The molecule has 0 unspecified atom stereocenters. The number of hydrogen-bond donors (Lipinski definition) is 2. The van der Waals surface area contributed by atoms with Gasteiger partial charge >= 0.3 is 0 Å². The molecule has 1 saturated heterocycles. The molecular weight excluding hydrogens is 481 g/mol. The minimum Gasteiger partial charge on any atom is -0.379 e. The summed E-state index contributed by atoms with van der Waals surface area (Å²) in [6.07, 6.45) is 2.52. The van der Waals surface area contributed by atoms with Crippen molar-refractivity contribution in [3.05, 3.63) is 64.1 Å². The van der Waals surface area contributed by atoms with E-state index in [1.165, 1.54) is 30.2 Å². The minimum absolute atomic E-state index is 0.0103. The number of hydrogen-bond acceptors (Lipinski definition) is 4. The molecule has 0 atom stereocenters. The van der Waals surface area contributed by atoms with Gasteiger partial charge in [0, 0.05) is 63.0 Å². The van der Waals surface area contributed by atoms with Crippen LogP contribution in [0.25, 0.3) is 10.9 Å². The van der Waals surface area contributed by atoms with E-state index in [0.717, 1.165) is 34.3 Å². The van der Waals surface area contributed by atoms with Crippen LogP contribution in [0.3, 0.4) is 0 Å². The maximum atomic E-state index is 13.7. The van der Waals surface area contributed by atoms with E-state index in [9.17, 15) is 14.0 Å². The Labute approximate surface area is 224 Å². The summed E-state index contributed by atoms with van der Waals surface area (Å²) >= 11 is 0. The van der Waals surface area contributed by atoms with Crippen molar-refractivity contribution in [2.24, 2.45) is 5.92 Å². The second-order valence-electron chi connectivity index (χ2n) is 10.9. The van der Waals surface area contributed by atoms with E-state index in [1.807, 2.05) is 24.0 Å². The molecule has 2 N–H and O–H groups in total. The minimum atomic E-state index is -0.235. The summed E-state index contributed by atoms with van der Waals surface area (Å²) in [5.41, 5.74) is 7.10. The Morgan fingerprint density at radius 2 is 1.76 bits per heavy atom. The lowest BCUT2D eigenvalue weighted by molar-refractivity contribution is -0.122. The van der Waals surface area contributed by atoms with Crippen LogP contribution in [0.1, 0.15) is 45.6 Å². The third-order valence-corrected chi connectivity index (χ3v) is 8.20. The number of likely N-dealkylation sites (N-methyl/N-ethyl adjacent to an activating group) is 1. The SMILES string of the molecule is CNC(=O)CN1CCN(C(=O)c2cc(NCc3ccc(F)cc3C)c3c(c2)c(C)c(C)n3CC2CC2)CC1. The Balaban J connectivity index is 1.45. The number of piperazine rings is 1. The average Bonchev–Trinajstić information content (AvgIpc) is 3.70. The highest BCUT2D eigenvalue weighted by Gasteiger charge is 2.27. The molecule has 3 aromatic rings. The molecule has 2 aliphatic rings. The molecule has 2 amide bonds. The normalized spacial score (nSPS) is 16.2. The molecule has 7 nitrogen and oxygen atoms in total. The fourth-order valence-corrected chi connectivity index (χ4v) is 5.44. The first-order valence-electron chi connectivity index (χ1n) is 13.6. The quantitative estimate of drug-likeness (QED) is 0.467. The Morgan fingerprint density at radius 1 is 1.03 bits per heavy atom. The number of benzene rings is 2. The van der Waals surface area contributed by atoms with Crippen molar-refractivity contribution in [1.29, 1.82) is 0 Å². The number of fused-ring (bicyclic) bond motifs is 1. The maximum absolute atomic E-state index is 13.7. The summed E-state index contributed by atoms with van der Waals surface area (Å²) in [5, 5.41) is 7.37. The molecule has 0 bridgehead atoms. The smallest absolute Gasteiger partial charge is 0.254 e. The Bertz CT molecular complexity index is 1370. The summed E-state index contributed by atoms with van der Waals surface area (Å²) in [5.74, 6) is 0.480. The van der Waals surface area contributed by atoms with Crippen molar-refractivity contribution in [1.82, 2.24) is 19.7 Å². The van der Waals surface area contributed by atoms with Crippen molar-refractivity contribution < 1.29 is 14.0 Å². The Morgan fingerprint density at radius 3 is 2.42 bits per heavy atom. The number of nitrogens with one attached hydrogen (secondary N) is 2. The number of halogens is 1. The summed E-state index contributed by atoms with van der Waals surface area (Å²) < 4.78 is 16.1. The molecular formula is C30H38FN5O2. The molecule has 1 aromatic heterocycles. The van der Waals surface area contributed by atoms with Crippen LogP contribution < -0.4 is 10.6 Å². The number of carbonyl (C=O) groups excluding carboxylic acids is 2. The van der Waals surface area contributed by atoms with Gasteiger partial charge in [0.15, 0.2) is 0 Å². The lowest BCUT2D eigenvalue weighted by Gasteiger charge is -2.34. The molecule has 2 aromatic carbocycles. The molecule has 1 aliphatic carbocycles. The molecule has 1 saturated carbocycles. The molecule has 2 fully saturated rings. The molecule has 8 heteroatoms. The second kappa shape index (κ2) is 10.8. The number of rotatable bonds is 8. The van der Waals surface area contributed by atoms with Crippen LogP contribution in [0, 0.1) is 32.5 Å². The van der Waals surface area contributed by atoms with Crippen molar-refractivity contribution in [2.75, 3.05) is 45.1 Å². The first-order chi connectivity index (χ1) is 18.2. The highest BCUT2D eigenvalue weighted by atomic mass is 19.1. The van der Waals surface area contributed by atoms with E-state index >= 15 is 0 Å². The maximum Gasteiger partial charge on any atom is 0.254 e. The predicted molar refractivity (Wildman–Crippen MR) is 149 cm³/mol. The second-order valence-corrected chi connectivity index (χ2v) is 10.9. The Kier molecular flexibility index (Phi) is 7.43. The third-order valence-electron chi connectivity index (χ3n) is 8.20. The van der Waals surface area contributed by atoms with Crippen molar-refractivity contribution in [3.8, 4) is 0 Å². The van der Waals surface area contributed by atoms with Gasteiger partial charge in [0.2, 0.25) is 5.91 Å². The molecule has 1 aliphatic heterocycles. The number of amides is 2. The standard InChI is InChI=1S/C30H38FN5O2/c1-19-13-25(31)8-7-23(19)16-33-27-15-24(30(38)35-11-9-34(10-12-35)18-28(37)32-4)14-26-20(2)21(3)36(29(26)27)17-22-5-6-22/h7-8,13-15,22,33H,5-6,9-12,16-18H2,1-4H3,(H,32,37). The highest BCUT2D eigenvalue weighted by molar-refractivity contribution is 6.04. The van der Waals surface area contributed by atoms with Gasteiger partial charge in [0.05, 0.1) is 17.7 Å². The van der Waals surface area contributed by atoms with E-state index in [4.69, 9.17) is 0 Å². The van der Waals surface area contributed by atoms with Gasteiger partial charge in [-0.05, 0) is 80.5 Å². The summed E-state index contributed by atoms with van der Waals surface area (Å²) in [4.78, 5) is 29.4. The van der Waals surface area contributed by atoms with Crippen LogP contribution in [-0.4, -0.2) is 66.0 Å². The van der Waals surface area contributed by atoms with Crippen molar-refractivity contribution in [3.63, 3.8) is 0 Å². The summed E-state index contributed by atoms with van der Waals surface area (Å²) in [6, 6.07) is 8.91. The van der Waals surface area contributed by atoms with E-state index in [0.29, 0.717) is 50.7 Å². The van der Waals surface area contributed by atoms with Gasteiger partial charge in [-0.3, -0.25) is 14.5 Å². The van der Waals surface area contributed by atoms with Crippen LogP contribution >= 0.6 is 0 Å². The van der Waals surface area contributed by atoms with Gasteiger partial charge in [-0.1, -0.05) is 6.07 Å². The Hall–Kier alpha value is -3.39. The molecule has 0 spiro atoms. The average molecular weight is 520 g/mol. The van der Waals surface area contributed by atoms with Crippen molar-refractivity contribution >= 4 is 28.4 Å². The fourth-order valence-electron chi connectivity index (χ4n) is 5.44. The van der Waals surface area contributed by atoms with Crippen LogP contribution in [0.15, 0.2) is 30.3 Å². The predicted octanol–water partition coefficient (Wildman–Crippen LogP) is 4.23. The summed E-state index contributed by atoms with van der Waals surface area (Å²) in [7, 11) is 1.64.